The van der Waals surface area contributed by atoms with Crippen LogP contribution in [0.3, 0.4) is 0 Å². The molecule has 14 heavy (non-hydrogen) atoms. The Balaban J connectivity index is -0.0000000254. The topological polar surface area (TPSA) is 69.2 Å². The molecule has 0 fully saturated rings. The van der Waals surface area contributed by atoms with Gasteiger partial charge in [0, 0.05) is 0 Å². The number of hydrogen-bond acceptors (Lipinski definition) is 3. The van der Waals surface area contributed by atoms with Crippen LogP contribution < -0.4 is 15.3 Å². The molecule has 0 atom stereocenters. The molecule has 5 heteroatoms. The minimum Gasteiger partial charge on any atom is -0.855 e. The summed E-state index contributed by atoms with van der Waals surface area (Å²) in [5, 5.41) is 26.8. The van der Waals surface area contributed by atoms with Gasteiger partial charge >= 0.3 is 21.7 Å². The summed E-state index contributed by atoms with van der Waals surface area (Å²) in [4.78, 5) is 0. The van der Waals surface area contributed by atoms with Crippen molar-refractivity contribution in [3.05, 3.63) is 6.92 Å². The van der Waals surface area contributed by atoms with E-state index in [1.54, 1.807) is 20.8 Å². The first-order valence-electron chi connectivity index (χ1n) is 4.25. The normalized spacial score (nSPS) is 6.00. The fourth-order valence-electron chi connectivity index (χ4n) is 0. The first kappa shape index (κ1) is 29.4. The smallest absolute Gasteiger partial charge is 0.855 e. The number of hydrogen-bond donors (Lipinski definition) is 0. The van der Waals surface area contributed by atoms with Crippen LogP contribution in [0.5, 0.6) is 0 Å². The van der Waals surface area contributed by atoms with Gasteiger partial charge < -0.3 is 22.2 Å². The van der Waals surface area contributed by atoms with Crippen molar-refractivity contribution in [2.45, 2.75) is 27.2 Å². The van der Waals surface area contributed by atoms with E-state index in [-0.39, 0.29) is 41.5 Å². The van der Waals surface area contributed by atoms with Gasteiger partial charge in [0.2, 0.25) is 0 Å². The molecule has 0 aliphatic carbocycles. The van der Waals surface area contributed by atoms with Crippen molar-refractivity contribution in [1.82, 2.24) is 0 Å². The van der Waals surface area contributed by atoms with Crippen LogP contribution in [0, 0.1) is 6.92 Å². The van der Waals surface area contributed by atoms with Crippen LogP contribution in [0.25, 0.3) is 0 Å². The molecule has 0 N–H and O–H groups in total. The summed E-state index contributed by atoms with van der Waals surface area (Å²) < 4.78 is 0. The molecule has 0 amide bonds. The summed E-state index contributed by atoms with van der Waals surface area (Å²) in [5.41, 5.74) is 0. The molecule has 0 bridgehead atoms. The summed E-state index contributed by atoms with van der Waals surface area (Å²) in [7, 11) is 0. The summed E-state index contributed by atoms with van der Waals surface area (Å²) in [6, 6.07) is 0. The first-order chi connectivity index (χ1) is 6.16. The average Bonchev–Trinajstić information content (AvgIpc) is 2.08. The maximum atomic E-state index is 8.93. The summed E-state index contributed by atoms with van der Waals surface area (Å²) in [5.74, 6) is 0.681. The van der Waals surface area contributed by atoms with Crippen molar-refractivity contribution in [2.75, 3.05) is 25.7 Å². The van der Waals surface area contributed by atoms with Gasteiger partial charge in [-0.1, -0.05) is 20.8 Å². The van der Waals surface area contributed by atoms with Crippen LogP contribution in [-0.2, 0) is 21.7 Å². The third-order valence-corrected chi connectivity index (χ3v) is 0.401. The summed E-state index contributed by atoms with van der Waals surface area (Å²) >= 11 is 5.12. The molecule has 0 aliphatic rings. The van der Waals surface area contributed by atoms with Gasteiger partial charge in [0.25, 0.3) is 0 Å². The van der Waals surface area contributed by atoms with E-state index in [1.807, 2.05) is 0 Å². The van der Waals surface area contributed by atoms with Crippen LogP contribution in [0.1, 0.15) is 27.2 Å². The van der Waals surface area contributed by atoms with E-state index in [4.69, 9.17) is 26.9 Å². The Morgan fingerprint density at radius 2 is 1.00 bits per heavy atom. The maximum Gasteiger partial charge on any atom is 4.00 e. The van der Waals surface area contributed by atoms with Gasteiger partial charge in [-0.2, -0.15) is 6.42 Å². The number of alkyl halides is 1. The predicted octanol–water partition coefficient (Wildman–Crippen LogP) is -0.453. The van der Waals surface area contributed by atoms with Crippen molar-refractivity contribution in [3.8, 4) is 0 Å². The van der Waals surface area contributed by atoms with E-state index in [1.165, 1.54) is 0 Å². The number of halogens is 1. The molecule has 0 saturated carbocycles. The van der Waals surface area contributed by atoms with Gasteiger partial charge in [-0.3, -0.25) is 0 Å². The Labute approximate surface area is 108 Å². The van der Waals surface area contributed by atoms with E-state index < -0.39 is 0 Å². The monoisotopic (exact) mass is 260 g/mol. The Morgan fingerprint density at radius 1 is 0.929 bits per heavy atom. The predicted molar refractivity (Wildman–Crippen MR) is 52.3 cm³/mol. The molecule has 0 heterocycles. The van der Waals surface area contributed by atoms with Gasteiger partial charge in [-0.15, -0.1) is 31.4 Å². The molecule has 3 nitrogen and oxygen atoms in total. The maximum absolute atomic E-state index is 8.93. The Morgan fingerprint density at radius 3 is 1.00 bits per heavy atom. The van der Waals surface area contributed by atoms with Crippen LogP contribution in [-0.4, -0.2) is 25.7 Å². The van der Waals surface area contributed by atoms with Crippen LogP contribution in [0.2, 0.25) is 0 Å². The van der Waals surface area contributed by atoms with Gasteiger partial charge in [0.05, 0.1) is 0 Å². The Bertz CT molecular complexity index is 36.5. The zero-order valence-corrected chi connectivity index (χ0v) is 11.7. The Kier molecular flexibility index (Phi) is 140. The fraction of sp³-hybridized carbons (Fsp3) is 0.889. The van der Waals surface area contributed by atoms with E-state index >= 15 is 0 Å². The third kappa shape index (κ3) is 513. The van der Waals surface area contributed by atoms with Gasteiger partial charge in [0.1, 0.15) is 0 Å². The molecule has 0 radical (unpaired) electrons. The first-order valence-corrected chi connectivity index (χ1v) is 4.79. The van der Waals surface area contributed by atoms with E-state index in [2.05, 4.69) is 6.92 Å². The minimum absolute atomic E-state index is 0. The van der Waals surface area contributed by atoms with Crippen molar-refractivity contribution in [3.63, 3.8) is 0 Å². The third-order valence-electron chi connectivity index (χ3n) is 0.134. The van der Waals surface area contributed by atoms with Gasteiger partial charge in [0.15, 0.2) is 0 Å². The minimum atomic E-state index is 0. The Hall–Kier alpha value is 0.884. The van der Waals surface area contributed by atoms with E-state index in [9.17, 15) is 0 Å². The van der Waals surface area contributed by atoms with Crippen molar-refractivity contribution in [2.24, 2.45) is 0 Å². The summed E-state index contributed by atoms with van der Waals surface area (Å²) in [6.45, 7) is 8.18. The zero-order chi connectivity index (χ0) is 11.5. The number of rotatable bonds is 1. The van der Waals surface area contributed by atoms with Gasteiger partial charge in [-0.25, -0.2) is 0 Å². The second kappa shape index (κ2) is 66.6. The zero-order valence-electron chi connectivity index (χ0n) is 9.35. The van der Waals surface area contributed by atoms with Crippen LogP contribution in [0.4, 0.5) is 0 Å². The largest absolute Gasteiger partial charge is 4.00 e. The van der Waals surface area contributed by atoms with E-state index in [0.717, 1.165) is 6.42 Å². The SMILES string of the molecule is CC[O-].CC[O-].CC[O-].[CH2-]CCCl.[Ti+4]. The second-order valence-corrected chi connectivity index (χ2v) is 1.79. The van der Waals surface area contributed by atoms with Crippen molar-refractivity contribution in [1.29, 1.82) is 0 Å². The molecule has 0 spiro atoms. The molecule has 86 valence electrons. The fourth-order valence-corrected chi connectivity index (χ4v) is 0. The molecule has 0 aromatic heterocycles. The van der Waals surface area contributed by atoms with Crippen LogP contribution in [0.15, 0.2) is 0 Å². The second-order valence-electron chi connectivity index (χ2n) is 1.41. The molecule has 0 unspecified atom stereocenters. The molecule has 0 aromatic carbocycles. The molecular formula is C9H21ClO3Ti. The van der Waals surface area contributed by atoms with Crippen LogP contribution >= 0.6 is 11.6 Å². The molecular weight excluding hydrogens is 239 g/mol. The molecule has 0 aromatic rings. The van der Waals surface area contributed by atoms with E-state index in [0.29, 0.717) is 5.88 Å². The molecule has 0 saturated heterocycles. The van der Waals surface area contributed by atoms with Crippen molar-refractivity contribution < 1.29 is 37.0 Å². The average molecular weight is 261 g/mol. The molecule has 0 aliphatic heterocycles. The standard InChI is InChI=1S/C3H6Cl.3C2H5O.Ti/c1-2-3-4;3*1-2-3;/h1-3H2;3*2H2,1H3;/q4*-1;+4. The van der Waals surface area contributed by atoms with Gasteiger partial charge in [-0.05, 0) is 5.88 Å². The molecule has 0 rings (SSSR count). The quantitative estimate of drug-likeness (QED) is 0.364. The van der Waals surface area contributed by atoms with Crippen molar-refractivity contribution >= 4 is 11.6 Å². The summed E-state index contributed by atoms with van der Waals surface area (Å²) in [6.07, 6.45) is 0.835.